The monoisotopic (exact) mass is 492 g/mol. The van der Waals surface area contributed by atoms with Crippen molar-refractivity contribution in [3.8, 4) is 0 Å². The Morgan fingerprint density at radius 1 is 0.914 bits per heavy atom. The van der Waals surface area contributed by atoms with Crippen molar-refractivity contribution in [1.29, 1.82) is 0 Å². The van der Waals surface area contributed by atoms with Crippen molar-refractivity contribution in [1.82, 2.24) is 10.2 Å². The Morgan fingerprint density at radius 2 is 1.57 bits per heavy atom. The Hall–Kier alpha value is -3.12. The van der Waals surface area contributed by atoms with Gasteiger partial charge < -0.3 is 10.2 Å². The van der Waals surface area contributed by atoms with E-state index in [9.17, 15) is 14.0 Å². The number of benzene rings is 3. The van der Waals surface area contributed by atoms with Gasteiger partial charge in [0.2, 0.25) is 11.8 Å². The number of hydrogen-bond donors (Lipinski definition) is 1. The van der Waals surface area contributed by atoms with Crippen LogP contribution in [-0.2, 0) is 22.6 Å². The third kappa shape index (κ3) is 8.87. The number of nitrogens with one attached hydrogen (secondary N) is 1. The van der Waals surface area contributed by atoms with Crippen molar-refractivity contribution in [2.24, 2.45) is 0 Å². The van der Waals surface area contributed by atoms with Gasteiger partial charge in [-0.25, -0.2) is 4.39 Å². The molecule has 3 aromatic rings. The van der Waals surface area contributed by atoms with Gasteiger partial charge in [0.25, 0.3) is 0 Å². The summed E-state index contributed by atoms with van der Waals surface area (Å²) >= 11 is 1.62. The maximum atomic E-state index is 13.5. The zero-order valence-corrected chi connectivity index (χ0v) is 21.0. The Balaban J connectivity index is 1.82. The van der Waals surface area contributed by atoms with Crippen molar-refractivity contribution in [2.45, 2.75) is 50.1 Å². The minimum atomic E-state index is -0.659. The van der Waals surface area contributed by atoms with Gasteiger partial charge in [0, 0.05) is 36.6 Å². The number of thioether (sulfide) groups is 1. The number of hydrogen-bond acceptors (Lipinski definition) is 3. The first-order valence-electron chi connectivity index (χ1n) is 12.1. The second-order valence-corrected chi connectivity index (χ2v) is 9.58. The summed E-state index contributed by atoms with van der Waals surface area (Å²) in [6.07, 6.45) is 2.56. The number of nitrogens with zero attached hydrogens (tertiary/aromatic N) is 1. The maximum absolute atomic E-state index is 13.5. The molecule has 1 atom stereocenters. The van der Waals surface area contributed by atoms with Crippen LogP contribution in [0.25, 0.3) is 0 Å². The second-order valence-electron chi connectivity index (χ2n) is 8.41. The molecule has 1 unspecified atom stereocenters. The summed E-state index contributed by atoms with van der Waals surface area (Å²) in [6.45, 7) is 2.89. The van der Waals surface area contributed by atoms with E-state index in [1.165, 1.54) is 12.1 Å². The first kappa shape index (κ1) is 26.5. The molecule has 0 aromatic heterocycles. The van der Waals surface area contributed by atoms with Crippen molar-refractivity contribution in [3.05, 3.63) is 102 Å². The van der Waals surface area contributed by atoms with Gasteiger partial charge in [-0.3, -0.25) is 9.59 Å². The normalized spacial score (nSPS) is 11.6. The number of carbonyl (C=O) groups excluding carboxylic acids is 2. The van der Waals surface area contributed by atoms with Gasteiger partial charge in [-0.1, -0.05) is 74.0 Å². The molecular weight excluding hydrogens is 459 g/mol. The first-order valence-corrected chi connectivity index (χ1v) is 13.1. The lowest BCUT2D eigenvalue weighted by Crippen LogP contribution is -2.50. The summed E-state index contributed by atoms with van der Waals surface area (Å²) in [5, 5.41) is 3.02. The average Bonchev–Trinajstić information content (AvgIpc) is 2.88. The zero-order valence-electron chi connectivity index (χ0n) is 20.2. The molecule has 0 aliphatic carbocycles. The summed E-state index contributed by atoms with van der Waals surface area (Å²) in [5.41, 5.74) is 1.77. The Labute approximate surface area is 211 Å². The van der Waals surface area contributed by atoms with Crippen LogP contribution in [0.3, 0.4) is 0 Å². The summed E-state index contributed by atoms with van der Waals surface area (Å²) in [5.74, 6) is 0.0278. The minimum absolute atomic E-state index is 0.0932. The van der Waals surface area contributed by atoms with Crippen LogP contribution < -0.4 is 5.32 Å². The summed E-state index contributed by atoms with van der Waals surface area (Å²) < 4.78 is 13.5. The molecule has 0 saturated heterocycles. The van der Waals surface area contributed by atoms with E-state index in [1.54, 1.807) is 28.8 Å². The average molecular weight is 493 g/mol. The predicted octanol–water partition coefficient (Wildman–Crippen LogP) is 5.86. The van der Waals surface area contributed by atoms with E-state index < -0.39 is 6.04 Å². The van der Waals surface area contributed by atoms with Crippen LogP contribution in [0.2, 0.25) is 0 Å². The lowest BCUT2D eigenvalue weighted by atomic mass is 10.0. The lowest BCUT2D eigenvalue weighted by molar-refractivity contribution is -0.141. The molecule has 2 amide bonds. The van der Waals surface area contributed by atoms with E-state index in [1.807, 2.05) is 60.7 Å². The molecule has 0 saturated carbocycles. The van der Waals surface area contributed by atoms with Crippen LogP contribution in [0, 0.1) is 5.82 Å². The van der Waals surface area contributed by atoms with Gasteiger partial charge >= 0.3 is 0 Å². The van der Waals surface area contributed by atoms with Crippen molar-refractivity contribution < 1.29 is 14.0 Å². The Morgan fingerprint density at radius 3 is 2.23 bits per heavy atom. The molecule has 0 spiro atoms. The standard InChI is InChI=1S/C29H33FN2O2S/c1-2-3-19-31-29(34)27(21-23-10-6-4-7-11-23)32(22-24-14-16-25(30)17-15-24)28(33)18-20-35-26-12-8-5-9-13-26/h4-17,27H,2-3,18-22H2,1H3,(H,31,34). The molecule has 0 fully saturated rings. The number of carbonyl (C=O) groups is 2. The molecule has 35 heavy (non-hydrogen) atoms. The fourth-order valence-electron chi connectivity index (χ4n) is 3.76. The SMILES string of the molecule is CCCCNC(=O)C(Cc1ccccc1)N(Cc1ccc(F)cc1)C(=O)CCSc1ccccc1. The Kier molecular flexibility index (Phi) is 10.8. The highest BCUT2D eigenvalue weighted by molar-refractivity contribution is 7.99. The highest BCUT2D eigenvalue weighted by atomic mass is 32.2. The first-order chi connectivity index (χ1) is 17.1. The number of amides is 2. The minimum Gasteiger partial charge on any atom is -0.354 e. The topological polar surface area (TPSA) is 49.4 Å². The van der Waals surface area contributed by atoms with Gasteiger partial charge in [-0.05, 0) is 41.8 Å². The van der Waals surface area contributed by atoms with Gasteiger partial charge in [0.1, 0.15) is 11.9 Å². The van der Waals surface area contributed by atoms with Gasteiger partial charge in [-0.15, -0.1) is 11.8 Å². The molecule has 3 rings (SSSR count). The summed E-state index contributed by atoms with van der Waals surface area (Å²) in [4.78, 5) is 29.6. The van der Waals surface area contributed by atoms with E-state index in [2.05, 4.69) is 12.2 Å². The molecule has 0 aliphatic rings. The zero-order chi connectivity index (χ0) is 24.9. The maximum Gasteiger partial charge on any atom is 0.243 e. The molecule has 4 nitrogen and oxygen atoms in total. The summed E-state index contributed by atoms with van der Waals surface area (Å²) in [7, 11) is 0. The van der Waals surface area contributed by atoms with Crippen molar-refractivity contribution in [3.63, 3.8) is 0 Å². The third-order valence-corrected chi connectivity index (χ3v) is 6.71. The highest BCUT2D eigenvalue weighted by Crippen LogP contribution is 2.21. The van der Waals surface area contributed by atoms with Crippen LogP contribution >= 0.6 is 11.8 Å². The van der Waals surface area contributed by atoms with E-state index in [0.717, 1.165) is 28.9 Å². The van der Waals surface area contributed by atoms with Crippen LogP contribution in [0.15, 0.2) is 89.8 Å². The van der Waals surface area contributed by atoms with Crippen LogP contribution in [0.5, 0.6) is 0 Å². The van der Waals surface area contributed by atoms with Gasteiger partial charge in [-0.2, -0.15) is 0 Å². The number of halogens is 1. The molecular formula is C29H33FN2O2S. The van der Waals surface area contributed by atoms with Crippen LogP contribution in [-0.4, -0.2) is 35.1 Å². The lowest BCUT2D eigenvalue weighted by Gasteiger charge is -2.31. The van der Waals surface area contributed by atoms with Crippen LogP contribution in [0.1, 0.15) is 37.3 Å². The quantitative estimate of drug-likeness (QED) is 0.240. The summed E-state index contributed by atoms with van der Waals surface area (Å²) in [6, 6.07) is 25.1. The molecule has 3 aromatic carbocycles. The number of unbranched alkanes of at least 4 members (excludes halogenated alkanes) is 1. The molecule has 184 valence electrons. The Bertz CT molecular complexity index is 1050. The van der Waals surface area contributed by atoms with E-state index in [0.29, 0.717) is 25.1 Å². The van der Waals surface area contributed by atoms with Gasteiger partial charge in [0.15, 0.2) is 0 Å². The molecule has 6 heteroatoms. The van der Waals surface area contributed by atoms with Crippen molar-refractivity contribution >= 4 is 23.6 Å². The molecule has 0 bridgehead atoms. The smallest absolute Gasteiger partial charge is 0.243 e. The van der Waals surface area contributed by atoms with Gasteiger partial charge in [0.05, 0.1) is 0 Å². The molecule has 0 aliphatic heterocycles. The van der Waals surface area contributed by atoms with E-state index in [4.69, 9.17) is 0 Å². The highest BCUT2D eigenvalue weighted by Gasteiger charge is 2.30. The fraction of sp³-hybridized carbons (Fsp3) is 0.310. The molecule has 0 radical (unpaired) electrons. The number of rotatable bonds is 13. The van der Waals surface area contributed by atoms with E-state index >= 15 is 0 Å². The van der Waals surface area contributed by atoms with Crippen molar-refractivity contribution in [2.75, 3.05) is 12.3 Å². The van der Waals surface area contributed by atoms with E-state index in [-0.39, 0.29) is 24.2 Å². The fourth-order valence-corrected chi connectivity index (χ4v) is 4.63. The molecule has 1 N–H and O–H groups in total. The third-order valence-electron chi connectivity index (χ3n) is 5.69. The van der Waals surface area contributed by atoms with Crippen LogP contribution in [0.4, 0.5) is 4.39 Å². The molecule has 0 heterocycles. The predicted molar refractivity (Wildman–Crippen MR) is 141 cm³/mol. The largest absolute Gasteiger partial charge is 0.354 e. The second kappa shape index (κ2) is 14.3.